The van der Waals surface area contributed by atoms with E-state index >= 15 is 0 Å². The Labute approximate surface area is 184 Å². The molecule has 6 nitrogen and oxygen atoms in total. The number of nitriles is 1. The summed E-state index contributed by atoms with van der Waals surface area (Å²) >= 11 is 1.42. The van der Waals surface area contributed by atoms with Gasteiger partial charge in [-0.1, -0.05) is 42.5 Å². The molecule has 0 spiro atoms. The van der Waals surface area contributed by atoms with Gasteiger partial charge in [-0.05, 0) is 42.5 Å². The van der Waals surface area contributed by atoms with Gasteiger partial charge in [0.1, 0.15) is 29.0 Å². The number of thiophene rings is 1. The fourth-order valence-electron chi connectivity index (χ4n) is 3.48. The minimum atomic E-state index is -0.645. The first-order chi connectivity index (χ1) is 15.2. The number of amides is 1. The number of carbonyl (C=O) groups is 2. The molecule has 0 saturated heterocycles. The number of nitrogens with zero attached hydrogens (tertiary/aromatic N) is 1. The minimum Gasteiger partial charge on any atom is -0.488 e. The average Bonchev–Trinajstić information content (AvgIpc) is 3.37. The fraction of sp³-hybridized carbons (Fsp3) is 0.208. The maximum atomic E-state index is 12.5. The number of nitrogens with one attached hydrogen (secondary N) is 1. The molecule has 2 aromatic carbocycles. The molecule has 1 aromatic heterocycles. The van der Waals surface area contributed by atoms with Crippen molar-refractivity contribution >= 4 is 28.2 Å². The van der Waals surface area contributed by atoms with E-state index in [9.17, 15) is 14.9 Å². The molecule has 4 rings (SSSR count). The van der Waals surface area contributed by atoms with Crippen molar-refractivity contribution < 1.29 is 19.1 Å². The van der Waals surface area contributed by atoms with Gasteiger partial charge in [0, 0.05) is 4.88 Å². The normalized spacial score (nSPS) is 12.0. The summed E-state index contributed by atoms with van der Waals surface area (Å²) in [6.07, 6.45) is 2.83. The third-order valence-corrected chi connectivity index (χ3v) is 6.17. The monoisotopic (exact) mass is 432 g/mol. The molecule has 1 heterocycles. The highest BCUT2D eigenvalue weighted by molar-refractivity contribution is 7.16. The summed E-state index contributed by atoms with van der Waals surface area (Å²) in [5, 5.41) is 12.7. The van der Waals surface area contributed by atoms with Gasteiger partial charge in [-0.25, -0.2) is 4.79 Å². The second-order valence-corrected chi connectivity index (χ2v) is 8.17. The zero-order chi connectivity index (χ0) is 21.6. The van der Waals surface area contributed by atoms with Crippen molar-refractivity contribution in [3.63, 3.8) is 0 Å². The van der Waals surface area contributed by atoms with Crippen molar-refractivity contribution in [2.24, 2.45) is 0 Å². The van der Waals surface area contributed by atoms with Gasteiger partial charge in [0.05, 0.1) is 5.56 Å². The van der Waals surface area contributed by atoms with E-state index in [-0.39, 0.29) is 5.56 Å². The van der Waals surface area contributed by atoms with Crippen molar-refractivity contribution in [3.8, 4) is 11.8 Å². The van der Waals surface area contributed by atoms with Crippen LogP contribution in [0.2, 0.25) is 0 Å². The molecule has 0 radical (unpaired) electrons. The van der Waals surface area contributed by atoms with Crippen LogP contribution in [0.1, 0.15) is 38.3 Å². The maximum Gasteiger partial charge on any atom is 0.342 e. The molecular weight excluding hydrogens is 412 g/mol. The van der Waals surface area contributed by atoms with Crippen LogP contribution in [0.5, 0.6) is 5.75 Å². The molecule has 0 saturated carbocycles. The second kappa shape index (κ2) is 9.45. The van der Waals surface area contributed by atoms with Crippen molar-refractivity contribution in [2.75, 3.05) is 11.9 Å². The van der Waals surface area contributed by atoms with Crippen molar-refractivity contribution in [1.29, 1.82) is 5.26 Å². The Balaban J connectivity index is 1.36. The number of benzene rings is 2. The predicted molar refractivity (Wildman–Crippen MR) is 117 cm³/mol. The molecular formula is C24H20N2O4S. The number of hydrogen-bond donors (Lipinski definition) is 1. The quantitative estimate of drug-likeness (QED) is 0.556. The number of esters is 1. The van der Waals surface area contributed by atoms with Crippen LogP contribution >= 0.6 is 11.3 Å². The fourth-order valence-corrected chi connectivity index (χ4v) is 4.73. The van der Waals surface area contributed by atoms with Crippen LogP contribution in [0.3, 0.4) is 0 Å². The molecule has 7 heteroatoms. The smallest absolute Gasteiger partial charge is 0.342 e. The molecule has 156 valence electrons. The molecule has 1 N–H and O–H groups in total. The first-order valence-electron chi connectivity index (χ1n) is 9.93. The molecule has 31 heavy (non-hydrogen) atoms. The molecule has 0 atom stereocenters. The lowest BCUT2D eigenvalue weighted by Gasteiger charge is -2.11. The van der Waals surface area contributed by atoms with Crippen molar-refractivity contribution in [2.45, 2.75) is 25.9 Å². The van der Waals surface area contributed by atoms with Gasteiger partial charge in [0.15, 0.2) is 6.61 Å². The van der Waals surface area contributed by atoms with Crippen LogP contribution in [0, 0.1) is 11.3 Å². The minimum absolute atomic E-state index is 0.249. The third kappa shape index (κ3) is 4.76. The Kier molecular flexibility index (Phi) is 6.29. The molecule has 0 fully saturated rings. The number of fused-ring (bicyclic) bond motifs is 1. The maximum absolute atomic E-state index is 12.5. The summed E-state index contributed by atoms with van der Waals surface area (Å²) in [5.41, 5.74) is 2.78. The molecule has 1 aliphatic carbocycles. The highest BCUT2D eigenvalue weighted by Crippen LogP contribution is 2.38. The van der Waals surface area contributed by atoms with Gasteiger partial charge >= 0.3 is 5.97 Å². The Morgan fingerprint density at radius 2 is 1.84 bits per heavy atom. The Morgan fingerprint density at radius 3 is 2.65 bits per heavy atom. The van der Waals surface area contributed by atoms with Crippen LogP contribution in [0.4, 0.5) is 5.00 Å². The highest BCUT2D eigenvalue weighted by atomic mass is 32.1. The summed E-state index contributed by atoms with van der Waals surface area (Å²) in [7, 11) is 0. The van der Waals surface area contributed by atoms with Gasteiger partial charge in [-0.3, -0.25) is 4.79 Å². The van der Waals surface area contributed by atoms with Gasteiger partial charge in [-0.15, -0.1) is 11.3 Å². The van der Waals surface area contributed by atoms with Gasteiger partial charge in [-0.2, -0.15) is 5.26 Å². The number of hydrogen-bond acceptors (Lipinski definition) is 6. The Morgan fingerprint density at radius 1 is 1.06 bits per heavy atom. The van der Waals surface area contributed by atoms with Crippen LogP contribution in [0.25, 0.3) is 0 Å². The van der Waals surface area contributed by atoms with Gasteiger partial charge in [0.2, 0.25) is 0 Å². The van der Waals surface area contributed by atoms with Gasteiger partial charge in [0.25, 0.3) is 5.91 Å². The predicted octanol–water partition coefficient (Wildman–Crippen LogP) is 4.48. The standard InChI is InChI=1S/C24H20N2O4S/c25-13-19-17-10-6-12-21(17)31-23(19)26-22(27)15-30-24(28)18-9-4-5-11-20(18)29-14-16-7-2-1-3-8-16/h1-5,7-9,11H,6,10,12,14-15H2,(H,26,27). The number of rotatable bonds is 7. The lowest BCUT2D eigenvalue weighted by atomic mass is 10.1. The SMILES string of the molecule is N#Cc1c(NC(=O)COC(=O)c2ccccc2OCc2ccccc2)sc2c1CCC2. The number of ether oxygens (including phenoxy) is 2. The first kappa shape index (κ1) is 20.6. The van der Waals surface area contributed by atoms with Crippen LogP contribution in [0.15, 0.2) is 54.6 Å². The number of para-hydroxylation sites is 1. The largest absolute Gasteiger partial charge is 0.488 e. The van der Waals surface area contributed by atoms with E-state index in [2.05, 4.69) is 11.4 Å². The van der Waals surface area contributed by atoms with Gasteiger partial charge < -0.3 is 14.8 Å². The Hall–Kier alpha value is -3.63. The number of anilines is 1. The highest BCUT2D eigenvalue weighted by Gasteiger charge is 2.23. The molecule has 0 aliphatic heterocycles. The van der Waals surface area contributed by atoms with E-state index in [0.717, 1.165) is 35.3 Å². The van der Waals surface area contributed by atoms with Crippen molar-refractivity contribution in [3.05, 3.63) is 81.7 Å². The summed E-state index contributed by atoms with van der Waals surface area (Å²) < 4.78 is 11.0. The molecule has 0 bridgehead atoms. The van der Waals surface area contributed by atoms with E-state index in [4.69, 9.17) is 9.47 Å². The van der Waals surface area contributed by atoms with E-state index in [1.807, 2.05) is 30.3 Å². The lowest BCUT2D eigenvalue weighted by Crippen LogP contribution is -2.21. The summed E-state index contributed by atoms with van der Waals surface area (Å²) in [5.74, 6) is -0.737. The summed E-state index contributed by atoms with van der Waals surface area (Å²) in [4.78, 5) is 26.0. The molecule has 0 unspecified atom stereocenters. The second-order valence-electron chi connectivity index (χ2n) is 7.07. The van der Waals surface area contributed by atoms with Crippen LogP contribution in [-0.4, -0.2) is 18.5 Å². The Bertz CT molecular complexity index is 1150. The van der Waals surface area contributed by atoms with E-state index in [0.29, 0.717) is 22.9 Å². The third-order valence-electron chi connectivity index (χ3n) is 4.96. The first-order valence-corrected chi connectivity index (χ1v) is 10.7. The number of carbonyl (C=O) groups excluding carboxylic acids is 2. The van der Waals surface area contributed by atoms with E-state index in [1.165, 1.54) is 11.3 Å². The molecule has 1 amide bonds. The molecule has 1 aliphatic rings. The number of aryl methyl sites for hydroxylation is 1. The zero-order valence-electron chi connectivity index (χ0n) is 16.7. The van der Waals surface area contributed by atoms with E-state index in [1.54, 1.807) is 24.3 Å². The van der Waals surface area contributed by atoms with E-state index < -0.39 is 18.5 Å². The zero-order valence-corrected chi connectivity index (χ0v) is 17.5. The average molecular weight is 433 g/mol. The van der Waals surface area contributed by atoms with Crippen LogP contribution < -0.4 is 10.1 Å². The molecule has 3 aromatic rings. The van der Waals surface area contributed by atoms with Crippen molar-refractivity contribution in [1.82, 2.24) is 0 Å². The topological polar surface area (TPSA) is 88.4 Å². The summed E-state index contributed by atoms with van der Waals surface area (Å²) in [6.45, 7) is -0.134. The lowest BCUT2D eigenvalue weighted by molar-refractivity contribution is -0.119. The van der Waals surface area contributed by atoms with Crippen LogP contribution in [-0.2, 0) is 29.0 Å². The summed E-state index contributed by atoms with van der Waals surface area (Å²) in [6, 6.07) is 18.5.